The number of rotatable bonds is 3. The van der Waals surface area contributed by atoms with Crippen LogP contribution in [0.2, 0.25) is 0 Å². The summed E-state index contributed by atoms with van der Waals surface area (Å²) >= 11 is 0. The van der Waals surface area contributed by atoms with Crippen LogP contribution < -0.4 is 0 Å². The average molecular weight is 186 g/mol. The summed E-state index contributed by atoms with van der Waals surface area (Å²) in [6.45, 7) is 2.46. The Balaban J connectivity index is 2.43. The zero-order valence-electron chi connectivity index (χ0n) is 7.91. The van der Waals surface area contributed by atoms with Gasteiger partial charge in [-0.15, -0.1) is 0 Å². The van der Waals surface area contributed by atoms with Crippen LogP contribution in [-0.4, -0.2) is 31.6 Å². The van der Waals surface area contributed by atoms with Crippen molar-refractivity contribution in [3.8, 4) is 0 Å². The van der Waals surface area contributed by atoms with Crippen LogP contribution in [0.1, 0.15) is 19.8 Å². The van der Waals surface area contributed by atoms with Gasteiger partial charge in [-0.25, -0.2) is 0 Å². The van der Waals surface area contributed by atoms with Crippen molar-refractivity contribution in [3.05, 3.63) is 0 Å². The molecule has 0 amide bonds. The zero-order valence-corrected chi connectivity index (χ0v) is 7.91. The lowest BCUT2D eigenvalue weighted by molar-refractivity contribution is -0.144. The summed E-state index contributed by atoms with van der Waals surface area (Å²) in [7, 11) is 1.28. The fraction of sp³-hybridized carbons (Fsp3) is 0.778. The number of carbonyl (C=O) groups is 2. The molecule has 13 heavy (non-hydrogen) atoms. The van der Waals surface area contributed by atoms with Gasteiger partial charge in [0.05, 0.1) is 13.2 Å². The number of Topliss-reactive ketones (excluding diaryl/α,β-unsaturated/α-hetero) is 1. The predicted octanol–water partition coefficient (Wildman–Crippen LogP) is 0.544. The third-order valence-electron chi connectivity index (χ3n) is 2.34. The van der Waals surface area contributed by atoms with Gasteiger partial charge in [0.25, 0.3) is 0 Å². The Hall–Kier alpha value is -0.900. The number of hydrogen-bond acceptors (Lipinski definition) is 4. The van der Waals surface area contributed by atoms with Gasteiger partial charge < -0.3 is 9.47 Å². The highest BCUT2D eigenvalue weighted by Crippen LogP contribution is 2.22. The maximum Gasteiger partial charge on any atom is 0.313 e. The van der Waals surface area contributed by atoms with Gasteiger partial charge in [0.15, 0.2) is 0 Å². The Kier molecular flexibility index (Phi) is 3.42. The molecule has 0 radical (unpaired) electrons. The van der Waals surface area contributed by atoms with Crippen molar-refractivity contribution in [1.82, 2.24) is 0 Å². The second-order valence-corrected chi connectivity index (χ2v) is 3.19. The van der Waals surface area contributed by atoms with Crippen molar-refractivity contribution in [2.75, 3.05) is 13.7 Å². The summed E-state index contributed by atoms with van der Waals surface area (Å²) in [4.78, 5) is 22.2. The minimum atomic E-state index is -0.468. The number of esters is 1. The highest BCUT2D eigenvalue weighted by Gasteiger charge is 2.31. The minimum Gasteiger partial charge on any atom is -0.469 e. The fourth-order valence-corrected chi connectivity index (χ4v) is 1.50. The van der Waals surface area contributed by atoms with Gasteiger partial charge >= 0.3 is 5.97 Å². The lowest BCUT2D eigenvalue weighted by atomic mass is 9.95. The van der Waals surface area contributed by atoms with Crippen LogP contribution in [0.15, 0.2) is 0 Å². The van der Waals surface area contributed by atoms with E-state index in [-0.39, 0.29) is 24.2 Å². The second kappa shape index (κ2) is 4.37. The molecule has 0 aromatic carbocycles. The molecule has 1 fully saturated rings. The summed E-state index contributed by atoms with van der Waals surface area (Å²) in [5.41, 5.74) is 0. The van der Waals surface area contributed by atoms with Gasteiger partial charge in [-0.3, -0.25) is 9.59 Å². The number of methoxy groups -OCH3 is 1. The van der Waals surface area contributed by atoms with Crippen LogP contribution in [0.3, 0.4) is 0 Å². The van der Waals surface area contributed by atoms with Gasteiger partial charge in [0.2, 0.25) is 0 Å². The molecule has 2 unspecified atom stereocenters. The first-order valence-electron chi connectivity index (χ1n) is 4.36. The maximum absolute atomic E-state index is 11.4. The molecule has 1 rings (SSSR count). The van der Waals surface area contributed by atoms with E-state index in [9.17, 15) is 9.59 Å². The first kappa shape index (κ1) is 10.2. The van der Waals surface area contributed by atoms with Crippen molar-refractivity contribution >= 4 is 11.8 Å². The van der Waals surface area contributed by atoms with Crippen molar-refractivity contribution in [2.24, 2.45) is 5.92 Å². The van der Waals surface area contributed by atoms with E-state index in [1.54, 1.807) is 0 Å². The molecule has 0 aliphatic carbocycles. The lowest BCUT2D eigenvalue weighted by Crippen LogP contribution is -2.24. The van der Waals surface area contributed by atoms with Crippen LogP contribution in [0.4, 0.5) is 0 Å². The van der Waals surface area contributed by atoms with Gasteiger partial charge in [0, 0.05) is 12.5 Å². The SMILES string of the molecule is COC(=O)CC(=O)C1CCOC1C. The molecule has 74 valence electrons. The smallest absolute Gasteiger partial charge is 0.313 e. The van der Waals surface area contributed by atoms with Crippen LogP contribution in [-0.2, 0) is 19.1 Å². The minimum absolute atomic E-state index is 0.0582. The van der Waals surface area contributed by atoms with E-state index in [0.29, 0.717) is 6.61 Å². The second-order valence-electron chi connectivity index (χ2n) is 3.19. The largest absolute Gasteiger partial charge is 0.469 e. The molecule has 0 N–H and O–H groups in total. The topological polar surface area (TPSA) is 52.6 Å². The van der Waals surface area contributed by atoms with Crippen LogP contribution in [0, 0.1) is 5.92 Å². The molecule has 0 bridgehead atoms. The molecule has 0 saturated carbocycles. The summed E-state index contributed by atoms with van der Waals surface area (Å²) in [5.74, 6) is -0.667. The van der Waals surface area contributed by atoms with Crippen molar-refractivity contribution in [2.45, 2.75) is 25.9 Å². The first-order chi connectivity index (χ1) is 6.15. The number of carbonyl (C=O) groups excluding carboxylic acids is 2. The Morgan fingerprint density at radius 1 is 1.54 bits per heavy atom. The fourth-order valence-electron chi connectivity index (χ4n) is 1.50. The zero-order chi connectivity index (χ0) is 9.84. The molecule has 1 aliphatic rings. The highest BCUT2D eigenvalue weighted by molar-refractivity contribution is 5.97. The van der Waals surface area contributed by atoms with E-state index in [0.717, 1.165) is 6.42 Å². The summed E-state index contributed by atoms with van der Waals surface area (Å²) in [6, 6.07) is 0. The lowest BCUT2D eigenvalue weighted by Gasteiger charge is -2.11. The molecule has 1 heterocycles. The Labute approximate surface area is 77.2 Å². The first-order valence-corrected chi connectivity index (χ1v) is 4.36. The van der Waals surface area contributed by atoms with Crippen molar-refractivity contribution < 1.29 is 19.1 Å². The van der Waals surface area contributed by atoms with Gasteiger partial charge in [-0.05, 0) is 13.3 Å². The van der Waals surface area contributed by atoms with E-state index in [1.807, 2.05) is 6.92 Å². The monoisotopic (exact) mass is 186 g/mol. The van der Waals surface area contributed by atoms with E-state index < -0.39 is 5.97 Å². The quantitative estimate of drug-likeness (QED) is 0.477. The summed E-state index contributed by atoms with van der Waals surface area (Å²) in [5, 5.41) is 0. The molecular weight excluding hydrogens is 172 g/mol. The highest BCUT2D eigenvalue weighted by atomic mass is 16.5. The van der Waals surface area contributed by atoms with E-state index in [2.05, 4.69) is 4.74 Å². The van der Waals surface area contributed by atoms with E-state index >= 15 is 0 Å². The molecule has 1 saturated heterocycles. The molecule has 4 nitrogen and oxygen atoms in total. The normalized spacial score (nSPS) is 27.2. The Morgan fingerprint density at radius 2 is 2.23 bits per heavy atom. The van der Waals surface area contributed by atoms with Gasteiger partial charge in [-0.2, -0.15) is 0 Å². The number of ether oxygens (including phenoxy) is 2. The van der Waals surface area contributed by atoms with E-state index in [4.69, 9.17) is 4.74 Å². The maximum atomic E-state index is 11.4. The molecule has 0 aromatic heterocycles. The third kappa shape index (κ3) is 2.52. The van der Waals surface area contributed by atoms with Crippen LogP contribution >= 0.6 is 0 Å². The molecule has 4 heteroatoms. The number of ketones is 1. The summed E-state index contributed by atoms with van der Waals surface area (Å²) in [6.07, 6.45) is 0.531. The van der Waals surface area contributed by atoms with Crippen molar-refractivity contribution in [3.63, 3.8) is 0 Å². The average Bonchev–Trinajstić information content (AvgIpc) is 2.51. The predicted molar refractivity (Wildman–Crippen MR) is 45.2 cm³/mol. The molecule has 0 spiro atoms. The van der Waals surface area contributed by atoms with Gasteiger partial charge in [-0.1, -0.05) is 0 Å². The standard InChI is InChI=1S/C9H14O4/c1-6-7(3-4-13-6)8(10)5-9(11)12-2/h6-7H,3-5H2,1-2H3. The number of hydrogen-bond donors (Lipinski definition) is 0. The van der Waals surface area contributed by atoms with Crippen LogP contribution in [0.25, 0.3) is 0 Å². The molecular formula is C9H14O4. The molecule has 1 aliphatic heterocycles. The third-order valence-corrected chi connectivity index (χ3v) is 2.34. The Morgan fingerprint density at radius 3 is 2.69 bits per heavy atom. The van der Waals surface area contributed by atoms with Crippen LogP contribution in [0.5, 0.6) is 0 Å². The summed E-state index contributed by atoms with van der Waals surface area (Å²) < 4.78 is 9.64. The molecule has 2 atom stereocenters. The Bertz CT molecular complexity index is 212. The molecule has 0 aromatic rings. The van der Waals surface area contributed by atoms with Crippen molar-refractivity contribution in [1.29, 1.82) is 0 Å². The van der Waals surface area contributed by atoms with Gasteiger partial charge in [0.1, 0.15) is 12.2 Å². The van der Waals surface area contributed by atoms with E-state index in [1.165, 1.54) is 7.11 Å².